The molecule has 0 bridgehead atoms. The third-order valence-corrected chi connectivity index (χ3v) is 6.08. The molecule has 1 aliphatic rings. The van der Waals surface area contributed by atoms with E-state index in [-0.39, 0.29) is 24.2 Å². The van der Waals surface area contributed by atoms with Gasteiger partial charge in [0.2, 0.25) is 16.9 Å². The summed E-state index contributed by atoms with van der Waals surface area (Å²) in [6, 6.07) is 14.5. The van der Waals surface area contributed by atoms with E-state index in [9.17, 15) is 9.59 Å². The number of anilines is 2. The number of ether oxygens (including phenoxy) is 1. The van der Waals surface area contributed by atoms with Gasteiger partial charge in [0.15, 0.2) is 0 Å². The lowest BCUT2D eigenvalue weighted by Gasteiger charge is -2.16. The molecule has 1 aliphatic heterocycles. The first-order valence-electron chi connectivity index (χ1n) is 9.34. The second-order valence-electron chi connectivity index (χ2n) is 6.90. The van der Waals surface area contributed by atoms with Crippen molar-refractivity contribution in [3.63, 3.8) is 0 Å². The maximum atomic E-state index is 12.5. The number of rotatable bonds is 6. The van der Waals surface area contributed by atoms with Crippen LogP contribution in [0.2, 0.25) is 5.02 Å². The quantitative estimate of drug-likeness (QED) is 0.625. The summed E-state index contributed by atoms with van der Waals surface area (Å²) < 4.78 is 5.17. The second kappa shape index (κ2) is 8.81. The summed E-state index contributed by atoms with van der Waals surface area (Å²) in [7, 11) is 1.60. The Morgan fingerprint density at radius 3 is 2.63 bits per heavy atom. The molecule has 154 valence electrons. The minimum Gasteiger partial charge on any atom is -0.497 e. The van der Waals surface area contributed by atoms with Crippen molar-refractivity contribution in [2.24, 2.45) is 0 Å². The Balaban J connectivity index is 1.38. The van der Waals surface area contributed by atoms with Crippen LogP contribution in [0.4, 0.5) is 10.8 Å². The molecule has 4 rings (SSSR count). The predicted molar refractivity (Wildman–Crippen MR) is 116 cm³/mol. The second-order valence-corrected chi connectivity index (χ2v) is 8.35. The SMILES string of the molecule is COc1ccc(N2CC(c3nnc(NC(=O)Cc4ccc(Cl)cc4)s3)CC2=O)cc1. The Kier molecular flexibility index (Phi) is 5.96. The van der Waals surface area contributed by atoms with Crippen LogP contribution in [0, 0.1) is 0 Å². The van der Waals surface area contributed by atoms with Gasteiger partial charge < -0.3 is 15.0 Å². The lowest BCUT2D eigenvalue weighted by atomic mass is 10.1. The molecule has 2 aromatic carbocycles. The number of halogens is 1. The Bertz CT molecular complexity index is 1050. The molecule has 2 amide bonds. The van der Waals surface area contributed by atoms with Crippen LogP contribution >= 0.6 is 22.9 Å². The third kappa shape index (κ3) is 4.60. The van der Waals surface area contributed by atoms with Crippen molar-refractivity contribution in [3.8, 4) is 5.75 Å². The molecule has 0 spiro atoms. The number of amides is 2. The summed E-state index contributed by atoms with van der Waals surface area (Å²) in [6.45, 7) is 0.526. The van der Waals surface area contributed by atoms with Crippen molar-refractivity contribution in [2.75, 3.05) is 23.9 Å². The minimum absolute atomic E-state index is 0.0358. The topological polar surface area (TPSA) is 84.4 Å². The normalized spacial score (nSPS) is 16.0. The zero-order chi connectivity index (χ0) is 21.1. The van der Waals surface area contributed by atoms with Gasteiger partial charge in [-0.15, -0.1) is 10.2 Å². The van der Waals surface area contributed by atoms with Gasteiger partial charge in [-0.05, 0) is 42.0 Å². The Morgan fingerprint density at radius 2 is 1.93 bits per heavy atom. The van der Waals surface area contributed by atoms with Gasteiger partial charge in [-0.3, -0.25) is 9.59 Å². The molecule has 2 heterocycles. The first-order chi connectivity index (χ1) is 14.5. The molecule has 1 N–H and O–H groups in total. The molecule has 0 aliphatic carbocycles. The highest BCUT2D eigenvalue weighted by Crippen LogP contribution is 2.34. The number of methoxy groups -OCH3 is 1. The standard InChI is InChI=1S/C21H19ClN4O3S/c1-29-17-8-6-16(7-9-17)26-12-14(11-19(26)28)20-24-25-21(30-20)23-18(27)10-13-2-4-15(22)5-3-13/h2-9,14H,10-12H2,1H3,(H,23,25,27). The van der Waals surface area contributed by atoms with Crippen LogP contribution in [0.5, 0.6) is 5.75 Å². The van der Waals surface area contributed by atoms with Gasteiger partial charge in [0.25, 0.3) is 0 Å². The summed E-state index contributed by atoms with van der Waals surface area (Å²) in [5.41, 5.74) is 1.68. The van der Waals surface area contributed by atoms with Crippen molar-refractivity contribution < 1.29 is 14.3 Å². The van der Waals surface area contributed by atoms with Crippen molar-refractivity contribution in [1.82, 2.24) is 10.2 Å². The zero-order valence-electron chi connectivity index (χ0n) is 16.2. The largest absolute Gasteiger partial charge is 0.497 e. The molecule has 1 aromatic heterocycles. The van der Waals surface area contributed by atoms with Gasteiger partial charge in [-0.1, -0.05) is 35.1 Å². The number of hydrogen-bond donors (Lipinski definition) is 1. The molecule has 1 saturated heterocycles. The Hall–Kier alpha value is -2.97. The monoisotopic (exact) mass is 442 g/mol. The van der Waals surface area contributed by atoms with Crippen molar-refractivity contribution >= 4 is 45.6 Å². The third-order valence-electron chi connectivity index (χ3n) is 4.82. The predicted octanol–water partition coefficient (Wildman–Crippen LogP) is 3.90. The number of nitrogens with one attached hydrogen (secondary N) is 1. The molecule has 1 unspecified atom stereocenters. The fourth-order valence-corrected chi connectivity index (χ4v) is 4.26. The fraction of sp³-hybridized carbons (Fsp3) is 0.238. The smallest absolute Gasteiger partial charge is 0.230 e. The van der Waals surface area contributed by atoms with E-state index in [0.29, 0.717) is 23.1 Å². The minimum atomic E-state index is -0.178. The first-order valence-corrected chi connectivity index (χ1v) is 10.5. The lowest BCUT2D eigenvalue weighted by Crippen LogP contribution is -2.24. The summed E-state index contributed by atoms with van der Waals surface area (Å²) in [5.74, 6) is 0.542. The Morgan fingerprint density at radius 1 is 1.20 bits per heavy atom. The fourth-order valence-electron chi connectivity index (χ4n) is 3.29. The zero-order valence-corrected chi connectivity index (χ0v) is 17.7. The highest BCUT2D eigenvalue weighted by Gasteiger charge is 2.34. The molecular formula is C21H19ClN4O3S. The number of carbonyl (C=O) groups excluding carboxylic acids is 2. The lowest BCUT2D eigenvalue weighted by molar-refractivity contribution is -0.117. The highest BCUT2D eigenvalue weighted by atomic mass is 35.5. The number of benzene rings is 2. The number of nitrogens with zero attached hydrogens (tertiary/aromatic N) is 3. The van der Waals surface area contributed by atoms with Crippen LogP contribution in [0.15, 0.2) is 48.5 Å². The average molecular weight is 443 g/mol. The molecule has 0 radical (unpaired) electrons. The van der Waals surface area contributed by atoms with E-state index in [1.807, 2.05) is 36.4 Å². The maximum Gasteiger partial charge on any atom is 0.230 e. The average Bonchev–Trinajstić information content (AvgIpc) is 3.36. The van der Waals surface area contributed by atoms with Crippen molar-refractivity contribution in [1.29, 1.82) is 0 Å². The van der Waals surface area contributed by atoms with E-state index in [1.165, 1.54) is 11.3 Å². The summed E-state index contributed by atoms with van der Waals surface area (Å²) in [4.78, 5) is 26.5. The molecule has 1 fully saturated rings. The van der Waals surface area contributed by atoms with Crippen LogP contribution in [-0.4, -0.2) is 35.7 Å². The van der Waals surface area contributed by atoms with E-state index in [1.54, 1.807) is 24.1 Å². The van der Waals surface area contributed by atoms with E-state index in [4.69, 9.17) is 16.3 Å². The first kappa shape index (κ1) is 20.3. The maximum absolute atomic E-state index is 12.5. The molecule has 7 nitrogen and oxygen atoms in total. The Labute approximate surface area is 182 Å². The number of aromatic nitrogens is 2. The molecule has 30 heavy (non-hydrogen) atoms. The van der Waals surface area contributed by atoms with Crippen LogP contribution in [-0.2, 0) is 16.0 Å². The summed E-state index contributed by atoms with van der Waals surface area (Å²) in [5, 5.41) is 12.8. The van der Waals surface area contributed by atoms with Crippen LogP contribution in [0.1, 0.15) is 22.9 Å². The van der Waals surface area contributed by atoms with Gasteiger partial charge in [0.05, 0.1) is 13.5 Å². The van der Waals surface area contributed by atoms with Gasteiger partial charge >= 0.3 is 0 Å². The molecule has 1 atom stereocenters. The van der Waals surface area contributed by atoms with E-state index >= 15 is 0 Å². The van der Waals surface area contributed by atoms with Gasteiger partial charge in [-0.2, -0.15) is 0 Å². The van der Waals surface area contributed by atoms with Crippen LogP contribution in [0.25, 0.3) is 0 Å². The highest BCUT2D eigenvalue weighted by molar-refractivity contribution is 7.15. The van der Waals surface area contributed by atoms with Gasteiger partial charge in [-0.25, -0.2) is 0 Å². The van der Waals surface area contributed by atoms with Gasteiger partial charge in [0, 0.05) is 29.6 Å². The molecular weight excluding hydrogens is 424 g/mol. The number of hydrogen-bond acceptors (Lipinski definition) is 6. The van der Waals surface area contributed by atoms with E-state index in [0.717, 1.165) is 22.0 Å². The molecule has 3 aromatic rings. The summed E-state index contributed by atoms with van der Waals surface area (Å²) in [6.07, 6.45) is 0.582. The van der Waals surface area contributed by atoms with Crippen LogP contribution in [0.3, 0.4) is 0 Å². The van der Waals surface area contributed by atoms with E-state index < -0.39 is 0 Å². The van der Waals surface area contributed by atoms with Crippen molar-refractivity contribution in [3.05, 3.63) is 64.1 Å². The summed E-state index contributed by atoms with van der Waals surface area (Å²) >= 11 is 7.17. The van der Waals surface area contributed by atoms with Crippen LogP contribution < -0.4 is 15.0 Å². The van der Waals surface area contributed by atoms with Crippen molar-refractivity contribution in [2.45, 2.75) is 18.8 Å². The molecule has 0 saturated carbocycles. The van der Waals surface area contributed by atoms with Gasteiger partial charge in [0.1, 0.15) is 10.8 Å². The molecule has 9 heteroatoms. The number of carbonyl (C=O) groups is 2. The van der Waals surface area contributed by atoms with E-state index in [2.05, 4.69) is 15.5 Å².